The van der Waals surface area contributed by atoms with Gasteiger partial charge in [-0.1, -0.05) is 0 Å². The van der Waals surface area contributed by atoms with Crippen molar-refractivity contribution in [1.82, 2.24) is 19.6 Å². The molecular formula is C20H19F3N6O5. The number of aryl methyl sites for hydroxylation is 2. The number of carbonyl (C=O) groups is 2. The maximum Gasteiger partial charge on any atom is 0.453 e. The Hall–Kier alpha value is -4.10. The Labute approximate surface area is 190 Å². The van der Waals surface area contributed by atoms with E-state index in [4.69, 9.17) is 4.74 Å². The first-order valence-electron chi connectivity index (χ1n) is 9.91. The Balaban J connectivity index is 1.61. The van der Waals surface area contributed by atoms with Gasteiger partial charge in [-0.2, -0.15) is 18.2 Å². The molecule has 0 aliphatic heterocycles. The zero-order valence-corrected chi connectivity index (χ0v) is 18.2. The number of aromatic nitrogens is 4. The van der Waals surface area contributed by atoms with Gasteiger partial charge in [-0.25, -0.2) is 9.50 Å². The standard InChI is InChI=1S/C20H19F3N6O5/c1-10-15(11(2)28-19(24-10)26-18(27-28)20(21,22)23)8-9-16(30)34-12(3)17(31)25-13-4-6-14(7-5-13)29(32)33/h4-7,12H,8-9H2,1-3H3,(H,25,31). The molecule has 0 radical (unpaired) electrons. The number of esters is 1. The number of amides is 1. The lowest BCUT2D eigenvalue weighted by molar-refractivity contribution is -0.384. The molecule has 0 spiro atoms. The van der Waals surface area contributed by atoms with Crippen molar-refractivity contribution in [3.63, 3.8) is 0 Å². The number of nitrogens with one attached hydrogen (secondary N) is 1. The molecule has 180 valence electrons. The molecule has 2 heterocycles. The molecule has 11 nitrogen and oxygen atoms in total. The maximum atomic E-state index is 12.9. The van der Waals surface area contributed by atoms with Crippen LogP contribution in [0.3, 0.4) is 0 Å². The number of alkyl halides is 3. The molecule has 14 heteroatoms. The molecular weight excluding hydrogens is 461 g/mol. The van der Waals surface area contributed by atoms with E-state index in [0.29, 0.717) is 17.0 Å². The van der Waals surface area contributed by atoms with E-state index in [-0.39, 0.29) is 30.0 Å². The van der Waals surface area contributed by atoms with E-state index in [1.807, 2.05) is 0 Å². The highest BCUT2D eigenvalue weighted by atomic mass is 19.4. The number of hydrogen-bond acceptors (Lipinski definition) is 8. The summed E-state index contributed by atoms with van der Waals surface area (Å²) in [6.45, 7) is 4.48. The molecule has 3 rings (SSSR count). The van der Waals surface area contributed by atoms with Crippen LogP contribution in [0.4, 0.5) is 24.5 Å². The first-order chi connectivity index (χ1) is 15.9. The second-order valence-corrected chi connectivity index (χ2v) is 7.33. The highest BCUT2D eigenvalue weighted by Crippen LogP contribution is 2.27. The third-order valence-corrected chi connectivity index (χ3v) is 4.90. The third-order valence-electron chi connectivity index (χ3n) is 4.90. The van der Waals surface area contributed by atoms with Gasteiger partial charge in [0.2, 0.25) is 0 Å². The predicted octanol–water partition coefficient (Wildman–Crippen LogP) is 3.17. The molecule has 34 heavy (non-hydrogen) atoms. The van der Waals surface area contributed by atoms with Crippen molar-refractivity contribution in [2.24, 2.45) is 0 Å². The summed E-state index contributed by atoms with van der Waals surface area (Å²) in [6, 6.07) is 5.12. The minimum Gasteiger partial charge on any atom is -0.453 e. The lowest BCUT2D eigenvalue weighted by atomic mass is 10.1. The average Bonchev–Trinajstić information content (AvgIpc) is 3.18. The quantitative estimate of drug-likeness (QED) is 0.309. The van der Waals surface area contributed by atoms with Gasteiger partial charge in [0, 0.05) is 35.6 Å². The second kappa shape index (κ2) is 9.41. The molecule has 1 atom stereocenters. The number of nitrogens with zero attached hydrogens (tertiary/aromatic N) is 5. The number of benzene rings is 1. The highest BCUT2D eigenvalue weighted by molar-refractivity contribution is 5.95. The van der Waals surface area contributed by atoms with Crippen molar-refractivity contribution in [3.05, 3.63) is 57.2 Å². The van der Waals surface area contributed by atoms with Gasteiger partial charge in [0.15, 0.2) is 6.10 Å². The molecule has 0 aliphatic rings. The summed E-state index contributed by atoms with van der Waals surface area (Å²) in [5, 5.41) is 16.6. The topological polar surface area (TPSA) is 142 Å². The van der Waals surface area contributed by atoms with Crippen LogP contribution in [0.25, 0.3) is 5.78 Å². The number of non-ortho nitro benzene ring substituents is 1. The van der Waals surface area contributed by atoms with Crippen molar-refractivity contribution in [2.45, 2.75) is 45.9 Å². The van der Waals surface area contributed by atoms with Crippen molar-refractivity contribution in [2.75, 3.05) is 5.32 Å². The van der Waals surface area contributed by atoms with Gasteiger partial charge in [0.1, 0.15) is 0 Å². The van der Waals surface area contributed by atoms with Crippen LogP contribution in [0.15, 0.2) is 24.3 Å². The van der Waals surface area contributed by atoms with Crippen molar-refractivity contribution in [3.8, 4) is 0 Å². The van der Waals surface area contributed by atoms with Crippen molar-refractivity contribution >= 4 is 29.0 Å². The summed E-state index contributed by atoms with van der Waals surface area (Å²) < 4.78 is 44.8. The zero-order chi connectivity index (χ0) is 25.2. The fourth-order valence-corrected chi connectivity index (χ4v) is 3.14. The summed E-state index contributed by atoms with van der Waals surface area (Å²) in [4.78, 5) is 42.0. The van der Waals surface area contributed by atoms with Gasteiger partial charge >= 0.3 is 12.1 Å². The van der Waals surface area contributed by atoms with E-state index < -0.39 is 34.9 Å². The van der Waals surface area contributed by atoms with E-state index in [0.717, 1.165) is 4.52 Å². The number of ether oxygens (including phenoxy) is 1. The van der Waals surface area contributed by atoms with Crippen LogP contribution < -0.4 is 5.32 Å². The molecule has 1 unspecified atom stereocenters. The van der Waals surface area contributed by atoms with Crippen LogP contribution in [-0.4, -0.2) is 42.5 Å². The minimum absolute atomic E-state index is 0.0946. The fourth-order valence-electron chi connectivity index (χ4n) is 3.14. The van der Waals surface area contributed by atoms with E-state index in [1.54, 1.807) is 6.92 Å². The molecule has 0 saturated carbocycles. The number of fused-ring (bicyclic) bond motifs is 1. The SMILES string of the molecule is Cc1nc2nc(C(F)(F)F)nn2c(C)c1CCC(=O)OC(C)C(=O)Nc1ccc([N+](=O)[O-])cc1. The van der Waals surface area contributed by atoms with E-state index >= 15 is 0 Å². The Morgan fingerprint density at radius 3 is 2.44 bits per heavy atom. The van der Waals surface area contributed by atoms with Crippen LogP contribution in [-0.2, 0) is 26.9 Å². The molecule has 0 aliphatic carbocycles. The lowest BCUT2D eigenvalue weighted by Gasteiger charge is -2.14. The summed E-state index contributed by atoms with van der Waals surface area (Å²) in [6.07, 6.45) is -5.94. The summed E-state index contributed by atoms with van der Waals surface area (Å²) in [7, 11) is 0. The zero-order valence-electron chi connectivity index (χ0n) is 18.2. The average molecular weight is 480 g/mol. The number of nitro benzene ring substituents is 1. The van der Waals surface area contributed by atoms with Crippen LogP contribution in [0.2, 0.25) is 0 Å². The van der Waals surface area contributed by atoms with E-state index in [9.17, 15) is 32.9 Å². The third kappa shape index (κ3) is 5.44. The largest absolute Gasteiger partial charge is 0.453 e. The number of anilines is 1. The first kappa shape index (κ1) is 24.5. The monoisotopic (exact) mass is 480 g/mol. The predicted molar refractivity (Wildman–Crippen MR) is 111 cm³/mol. The Morgan fingerprint density at radius 1 is 1.21 bits per heavy atom. The molecule has 1 N–H and O–H groups in total. The molecule has 1 amide bonds. The van der Waals surface area contributed by atoms with Gasteiger partial charge in [0.25, 0.3) is 23.2 Å². The molecule has 0 fully saturated rings. The molecule has 2 aromatic heterocycles. The van der Waals surface area contributed by atoms with Gasteiger partial charge in [-0.15, -0.1) is 5.10 Å². The number of halogens is 3. The summed E-state index contributed by atoms with van der Waals surface area (Å²) >= 11 is 0. The normalized spacial score (nSPS) is 12.4. The van der Waals surface area contributed by atoms with Gasteiger partial charge in [-0.05, 0) is 44.9 Å². The van der Waals surface area contributed by atoms with E-state index in [2.05, 4.69) is 20.4 Å². The molecule has 0 bridgehead atoms. The maximum absolute atomic E-state index is 12.9. The van der Waals surface area contributed by atoms with Crippen LogP contribution in [0.5, 0.6) is 0 Å². The summed E-state index contributed by atoms with van der Waals surface area (Å²) in [5.74, 6) is -2.86. The van der Waals surface area contributed by atoms with Gasteiger partial charge < -0.3 is 10.1 Å². The van der Waals surface area contributed by atoms with Crippen LogP contribution in [0, 0.1) is 24.0 Å². The van der Waals surface area contributed by atoms with Gasteiger partial charge in [0.05, 0.1) is 4.92 Å². The fraction of sp³-hybridized carbons (Fsp3) is 0.350. The Kier molecular flexibility index (Phi) is 6.79. The second-order valence-electron chi connectivity index (χ2n) is 7.33. The van der Waals surface area contributed by atoms with Crippen LogP contribution >= 0.6 is 0 Å². The molecule has 1 aromatic carbocycles. The van der Waals surface area contributed by atoms with Crippen LogP contribution in [0.1, 0.15) is 36.1 Å². The van der Waals surface area contributed by atoms with Crippen molar-refractivity contribution in [1.29, 1.82) is 0 Å². The lowest BCUT2D eigenvalue weighted by Crippen LogP contribution is -2.30. The molecule has 0 saturated heterocycles. The number of carbonyl (C=O) groups excluding carboxylic acids is 2. The first-order valence-corrected chi connectivity index (χ1v) is 9.91. The Morgan fingerprint density at radius 2 is 1.85 bits per heavy atom. The van der Waals surface area contributed by atoms with E-state index in [1.165, 1.54) is 38.1 Å². The highest BCUT2D eigenvalue weighted by Gasteiger charge is 2.37. The summed E-state index contributed by atoms with van der Waals surface area (Å²) in [5.41, 5.74) is 1.39. The van der Waals surface area contributed by atoms with Gasteiger partial charge in [-0.3, -0.25) is 19.7 Å². The van der Waals surface area contributed by atoms with Crippen molar-refractivity contribution < 1.29 is 32.4 Å². The molecule has 3 aromatic rings. The number of rotatable bonds is 7. The minimum atomic E-state index is -4.72. The Bertz CT molecular complexity index is 1260. The number of nitro groups is 1. The number of hydrogen-bond donors (Lipinski definition) is 1. The smallest absolute Gasteiger partial charge is 0.453 e.